The molecule has 1 amide bonds. The van der Waals surface area contributed by atoms with Gasteiger partial charge in [-0.25, -0.2) is 4.98 Å². The van der Waals surface area contributed by atoms with Gasteiger partial charge in [0.1, 0.15) is 18.0 Å². The van der Waals surface area contributed by atoms with Crippen molar-refractivity contribution in [2.24, 2.45) is 0 Å². The Hall–Kier alpha value is -2.39. The summed E-state index contributed by atoms with van der Waals surface area (Å²) >= 11 is 0. The molecule has 6 nitrogen and oxygen atoms in total. The Morgan fingerprint density at radius 2 is 2.23 bits per heavy atom. The van der Waals surface area contributed by atoms with E-state index in [9.17, 15) is 4.79 Å². The lowest BCUT2D eigenvalue weighted by atomic mass is 10.2. The van der Waals surface area contributed by atoms with Crippen molar-refractivity contribution in [1.29, 1.82) is 5.26 Å². The number of nitrogens with zero attached hydrogens (tertiary/aromatic N) is 4. The quantitative estimate of drug-likeness (QED) is 0.764. The summed E-state index contributed by atoms with van der Waals surface area (Å²) in [6.07, 6.45) is 2.76. The van der Waals surface area contributed by atoms with Gasteiger partial charge >= 0.3 is 0 Å². The Kier molecular flexibility index (Phi) is 5.50. The number of carbonyl (C=O) groups is 1. The third-order valence-corrected chi connectivity index (χ3v) is 3.60. The van der Waals surface area contributed by atoms with Crippen LogP contribution >= 0.6 is 0 Å². The van der Waals surface area contributed by atoms with Gasteiger partial charge in [-0.15, -0.1) is 6.58 Å². The standard InChI is InChI=1S/C16H20N4O2/c1-3-10-22-13(2)16(21)20-8-6-19(7-9-20)15-5-4-14(11-17)12-18-15/h3-5,12-13H,1,6-10H2,2H3. The molecule has 1 aromatic rings. The molecule has 0 aromatic carbocycles. The van der Waals surface area contributed by atoms with Gasteiger partial charge < -0.3 is 14.5 Å². The summed E-state index contributed by atoms with van der Waals surface area (Å²) in [5.41, 5.74) is 0.547. The maximum absolute atomic E-state index is 12.2. The molecule has 0 saturated carbocycles. The van der Waals surface area contributed by atoms with Crippen molar-refractivity contribution in [2.75, 3.05) is 37.7 Å². The fraction of sp³-hybridized carbons (Fsp3) is 0.438. The molecule has 0 bridgehead atoms. The Morgan fingerprint density at radius 3 is 2.77 bits per heavy atom. The van der Waals surface area contributed by atoms with Crippen molar-refractivity contribution in [3.63, 3.8) is 0 Å². The number of carbonyl (C=O) groups excluding carboxylic acids is 1. The highest BCUT2D eigenvalue weighted by molar-refractivity contribution is 5.80. The SMILES string of the molecule is C=CCOC(C)C(=O)N1CCN(c2ccc(C#N)cn2)CC1. The van der Waals surface area contributed by atoms with Crippen molar-refractivity contribution in [2.45, 2.75) is 13.0 Å². The van der Waals surface area contributed by atoms with E-state index in [1.54, 1.807) is 25.3 Å². The largest absolute Gasteiger partial charge is 0.365 e. The van der Waals surface area contributed by atoms with Gasteiger partial charge in [-0.3, -0.25) is 4.79 Å². The van der Waals surface area contributed by atoms with Crippen molar-refractivity contribution < 1.29 is 9.53 Å². The predicted molar refractivity (Wildman–Crippen MR) is 83.4 cm³/mol. The van der Waals surface area contributed by atoms with E-state index < -0.39 is 6.10 Å². The molecule has 6 heteroatoms. The molecule has 1 fully saturated rings. The minimum Gasteiger partial charge on any atom is -0.365 e. The number of hydrogen-bond donors (Lipinski definition) is 0. The molecular weight excluding hydrogens is 280 g/mol. The normalized spacial score (nSPS) is 16.0. The van der Waals surface area contributed by atoms with E-state index >= 15 is 0 Å². The van der Waals surface area contributed by atoms with Crippen LogP contribution in [0.25, 0.3) is 0 Å². The van der Waals surface area contributed by atoms with Gasteiger partial charge in [0.15, 0.2) is 0 Å². The number of piperazine rings is 1. The molecule has 22 heavy (non-hydrogen) atoms. The molecule has 1 aliphatic rings. The van der Waals surface area contributed by atoms with E-state index in [2.05, 4.69) is 22.5 Å². The number of rotatable bonds is 5. The van der Waals surface area contributed by atoms with Crippen molar-refractivity contribution in [3.8, 4) is 6.07 Å². The molecule has 1 aliphatic heterocycles. The van der Waals surface area contributed by atoms with Crippen LogP contribution in [0.2, 0.25) is 0 Å². The summed E-state index contributed by atoms with van der Waals surface area (Å²) < 4.78 is 5.38. The minimum absolute atomic E-state index is 0.00860. The van der Waals surface area contributed by atoms with Crippen LogP contribution in [0.4, 0.5) is 5.82 Å². The second-order valence-electron chi connectivity index (χ2n) is 5.09. The van der Waals surface area contributed by atoms with Gasteiger partial charge in [0.05, 0.1) is 12.2 Å². The van der Waals surface area contributed by atoms with Gasteiger partial charge in [0.2, 0.25) is 0 Å². The lowest BCUT2D eigenvalue weighted by Gasteiger charge is -2.36. The number of anilines is 1. The Bertz CT molecular complexity index is 557. The fourth-order valence-corrected chi connectivity index (χ4v) is 2.34. The molecule has 0 spiro atoms. The van der Waals surface area contributed by atoms with E-state index in [0.29, 0.717) is 25.3 Å². The van der Waals surface area contributed by atoms with Crippen molar-refractivity contribution >= 4 is 11.7 Å². The summed E-state index contributed by atoms with van der Waals surface area (Å²) in [7, 11) is 0. The molecule has 116 valence electrons. The highest BCUT2D eigenvalue weighted by Gasteiger charge is 2.25. The number of hydrogen-bond acceptors (Lipinski definition) is 5. The van der Waals surface area contributed by atoms with Crippen LogP contribution in [0.15, 0.2) is 31.0 Å². The Morgan fingerprint density at radius 1 is 1.50 bits per heavy atom. The van der Waals surface area contributed by atoms with E-state index in [-0.39, 0.29) is 5.91 Å². The van der Waals surface area contributed by atoms with Crippen LogP contribution < -0.4 is 4.90 Å². The van der Waals surface area contributed by atoms with Crippen LogP contribution in [-0.4, -0.2) is 54.7 Å². The lowest BCUT2D eigenvalue weighted by molar-refractivity contribution is -0.142. The molecule has 1 aromatic heterocycles. The molecule has 1 atom stereocenters. The zero-order valence-corrected chi connectivity index (χ0v) is 12.7. The van der Waals surface area contributed by atoms with Gasteiger partial charge in [-0.05, 0) is 19.1 Å². The Labute approximate surface area is 130 Å². The molecule has 0 aliphatic carbocycles. The first-order chi connectivity index (χ1) is 10.7. The van der Waals surface area contributed by atoms with Crippen molar-refractivity contribution in [3.05, 3.63) is 36.5 Å². The topological polar surface area (TPSA) is 69.5 Å². The monoisotopic (exact) mass is 300 g/mol. The first-order valence-corrected chi connectivity index (χ1v) is 7.28. The summed E-state index contributed by atoms with van der Waals surface area (Å²) in [5, 5.41) is 8.78. The fourth-order valence-electron chi connectivity index (χ4n) is 2.34. The second-order valence-corrected chi connectivity index (χ2v) is 5.09. The number of aromatic nitrogens is 1. The highest BCUT2D eigenvalue weighted by Crippen LogP contribution is 2.14. The van der Waals surface area contributed by atoms with Crippen LogP contribution in [0.3, 0.4) is 0 Å². The third kappa shape index (κ3) is 3.83. The van der Waals surface area contributed by atoms with E-state index in [1.807, 2.05) is 11.0 Å². The van der Waals surface area contributed by atoms with Crippen LogP contribution in [0.1, 0.15) is 12.5 Å². The Balaban J connectivity index is 1.88. The van der Waals surface area contributed by atoms with E-state index in [0.717, 1.165) is 18.9 Å². The lowest BCUT2D eigenvalue weighted by Crippen LogP contribution is -2.51. The van der Waals surface area contributed by atoms with E-state index in [1.165, 1.54) is 0 Å². The average molecular weight is 300 g/mol. The molecule has 2 rings (SSSR count). The van der Waals surface area contributed by atoms with Gasteiger partial charge in [0, 0.05) is 32.4 Å². The van der Waals surface area contributed by atoms with Crippen LogP contribution in [0.5, 0.6) is 0 Å². The highest BCUT2D eigenvalue weighted by atomic mass is 16.5. The number of nitriles is 1. The first-order valence-electron chi connectivity index (χ1n) is 7.28. The summed E-state index contributed by atoms with van der Waals surface area (Å²) in [6, 6.07) is 5.65. The molecule has 1 saturated heterocycles. The van der Waals surface area contributed by atoms with E-state index in [4.69, 9.17) is 10.00 Å². The van der Waals surface area contributed by atoms with Gasteiger partial charge in [-0.1, -0.05) is 6.08 Å². The summed E-state index contributed by atoms with van der Waals surface area (Å²) in [5.74, 6) is 0.844. The van der Waals surface area contributed by atoms with Gasteiger partial charge in [0.25, 0.3) is 5.91 Å². The number of pyridine rings is 1. The zero-order valence-electron chi connectivity index (χ0n) is 12.7. The molecule has 0 radical (unpaired) electrons. The third-order valence-electron chi connectivity index (χ3n) is 3.60. The summed E-state index contributed by atoms with van der Waals surface area (Å²) in [4.78, 5) is 20.4. The molecule has 1 unspecified atom stereocenters. The van der Waals surface area contributed by atoms with Gasteiger partial charge in [-0.2, -0.15) is 5.26 Å². The summed E-state index contributed by atoms with van der Waals surface area (Å²) in [6.45, 7) is 8.44. The van der Waals surface area contributed by atoms with Crippen LogP contribution in [0, 0.1) is 11.3 Å². The minimum atomic E-state index is -0.447. The maximum atomic E-state index is 12.2. The number of ether oxygens (including phenoxy) is 1. The zero-order chi connectivity index (χ0) is 15.9. The molecular formula is C16H20N4O2. The van der Waals surface area contributed by atoms with Crippen LogP contribution in [-0.2, 0) is 9.53 Å². The number of amides is 1. The molecule has 0 N–H and O–H groups in total. The second kappa shape index (κ2) is 7.57. The van der Waals surface area contributed by atoms with Crippen molar-refractivity contribution in [1.82, 2.24) is 9.88 Å². The smallest absolute Gasteiger partial charge is 0.251 e. The predicted octanol–water partition coefficient (Wildman–Crippen LogP) is 1.19. The average Bonchev–Trinajstić information content (AvgIpc) is 2.59. The maximum Gasteiger partial charge on any atom is 0.251 e. The first kappa shape index (κ1) is 16.0. The molecule has 2 heterocycles.